The van der Waals surface area contributed by atoms with Crippen molar-refractivity contribution in [2.24, 2.45) is 0 Å². The number of nitrogens with one attached hydrogen (secondary N) is 1. The molecule has 0 bridgehead atoms. The van der Waals surface area contributed by atoms with E-state index in [1.165, 1.54) is 4.90 Å². The zero-order chi connectivity index (χ0) is 11.5. The summed E-state index contributed by atoms with van der Waals surface area (Å²) in [7, 11) is 0. The van der Waals surface area contributed by atoms with Crippen LogP contribution in [-0.4, -0.2) is 60.3 Å². The van der Waals surface area contributed by atoms with Gasteiger partial charge in [-0.25, -0.2) is 4.79 Å². The molecule has 2 aliphatic rings. The molecule has 2 aliphatic heterocycles. The van der Waals surface area contributed by atoms with Crippen LogP contribution in [0, 0.1) is 0 Å². The zero-order valence-corrected chi connectivity index (χ0v) is 9.02. The molecule has 0 aromatic rings. The first-order valence-corrected chi connectivity index (χ1v) is 5.54. The highest BCUT2D eigenvalue weighted by molar-refractivity contribution is 5.87. The van der Waals surface area contributed by atoms with E-state index in [4.69, 9.17) is 9.84 Å². The number of nitrogens with zero attached hydrogens (tertiary/aromatic N) is 1. The Morgan fingerprint density at radius 1 is 1.44 bits per heavy atom. The highest BCUT2D eigenvalue weighted by Gasteiger charge is 2.36. The van der Waals surface area contributed by atoms with Crippen LogP contribution in [0.5, 0.6) is 0 Å². The summed E-state index contributed by atoms with van der Waals surface area (Å²) in [5, 5.41) is 12.1. The molecule has 0 radical (unpaired) electrons. The molecule has 2 unspecified atom stereocenters. The topological polar surface area (TPSA) is 78.9 Å². The average molecular weight is 228 g/mol. The number of rotatable bonds is 2. The molecule has 2 fully saturated rings. The van der Waals surface area contributed by atoms with Crippen molar-refractivity contribution in [3.63, 3.8) is 0 Å². The lowest BCUT2D eigenvalue weighted by Crippen LogP contribution is -2.56. The highest BCUT2D eigenvalue weighted by Crippen LogP contribution is 2.14. The second kappa shape index (κ2) is 4.80. The maximum Gasteiger partial charge on any atom is 0.328 e. The molecule has 0 aliphatic carbocycles. The molecule has 0 spiro atoms. The van der Waals surface area contributed by atoms with Crippen LogP contribution in [0.3, 0.4) is 0 Å². The zero-order valence-electron chi connectivity index (χ0n) is 9.02. The smallest absolute Gasteiger partial charge is 0.328 e. The summed E-state index contributed by atoms with van der Waals surface area (Å²) in [5.41, 5.74) is 0. The van der Waals surface area contributed by atoms with Gasteiger partial charge in [-0.15, -0.1) is 0 Å². The van der Waals surface area contributed by atoms with Crippen LogP contribution in [0.1, 0.15) is 12.8 Å². The standard InChI is InChI=1S/C10H16N2O4/c13-9(7-2-1-3-11-7)12-4-5-16-6-8(12)10(14)15/h7-8,11H,1-6H2,(H,14,15). The van der Waals surface area contributed by atoms with Crippen LogP contribution in [0.25, 0.3) is 0 Å². The first-order chi connectivity index (χ1) is 7.70. The van der Waals surface area contributed by atoms with Crippen LogP contribution in [0.2, 0.25) is 0 Å². The van der Waals surface area contributed by atoms with Crippen molar-refractivity contribution in [2.75, 3.05) is 26.3 Å². The Labute approximate surface area is 93.6 Å². The van der Waals surface area contributed by atoms with E-state index in [0.717, 1.165) is 19.4 Å². The molecule has 0 aromatic carbocycles. The molecule has 2 rings (SSSR count). The number of hydrogen-bond acceptors (Lipinski definition) is 4. The maximum atomic E-state index is 12.1. The second-order valence-electron chi connectivity index (χ2n) is 4.11. The summed E-state index contributed by atoms with van der Waals surface area (Å²) >= 11 is 0. The molecule has 2 N–H and O–H groups in total. The molecule has 1 amide bonds. The van der Waals surface area contributed by atoms with Crippen LogP contribution < -0.4 is 5.32 Å². The van der Waals surface area contributed by atoms with Gasteiger partial charge in [-0.3, -0.25) is 4.79 Å². The van der Waals surface area contributed by atoms with Crippen LogP contribution >= 0.6 is 0 Å². The largest absolute Gasteiger partial charge is 0.480 e. The van der Waals surface area contributed by atoms with Crippen LogP contribution in [-0.2, 0) is 14.3 Å². The monoisotopic (exact) mass is 228 g/mol. The molecule has 2 saturated heterocycles. The minimum atomic E-state index is -0.994. The first-order valence-electron chi connectivity index (χ1n) is 5.54. The molecule has 2 heterocycles. The number of hydrogen-bond donors (Lipinski definition) is 2. The minimum Gasteiger partial charge on any atom is -0.480 e. The van der Waals surface area contributed by atoms with E-state index in [1.54, 1.807) is 0 Å². The van der Waals surface area contributed by atoms with Gasteiger partial charge in [0.05, 0.1) is 19.3 Å². The summed E-state index contributed by atoms with van der Waals surface area (Å²) in [6.07, 6.45) is 1.76. The van der Waals surface area contributed by atoms with Gasteiger partial charge in [-0.1, -0.05) is 0 Å². The van der Waals surface area contributed by atoms with Gasteiger partial charge in [-0.2, -0.15) is 0 Å². The van der Waals surface area contributed by atoms with E-state index in [2.05, 4.69) is 5.32 Å². The van der Waals surface area contributed by atoms with Crippen molar-refractivity contribution in [1.82, 2.24) is 10.2 Å². The number of morpholine rings is 1. The number of carbonyl (C=O) groups excluding carboxylic acids is 1. The van der Waals surface area contributed by atoms with Gasteiger partial charge in [0.2, 0.25) is 5.91 Å². The van der Waals surface area contributed by atoms with E-state index in [9.17, 15) is 9.59 Å². The van der Waals surface area contributed by atoms with Gasteiger partial charge in [0.25, 0.3) is 0 Å². The third-order valence-corrected chi connectivity index (χ3v) is 3.06. The summed E-state index contributed by atoms with van der Waals surface area (Å²) in [6, 6.07) is -1.04. The predicted molar refractivity (Wildman–Crippen MR) is 55.0 cm³/mol. The quantitative estimate of drug-likeness (QED) is 0.637. The van der Waals surface area contributed by atoms with Gasteiger partial charge in [0.1, 0.15) is 0 Å². The number of carbonyl (C=O) groups is 2. The van der Waals surface area contributed by atoms with Gasteiger partial charge in [-0.05, 0) is 19.4 Å². The highest BCUT2D eigenvalue weighted by atomic mass is 16.5. The third-order valence-electron chi connectivity index (χ3n) is 3.06. The lowest BCUT2D eigenvalue weighted by atomic mass is 10.1. The van der Waals surface area contributed by atoms with E-state index in [-0.39, 0.29) is 18.6 Å². The SMILES string of the molecule is O=C(O)C1COCCN1C(=O)C1CCCN1. The van der Waals surface area contributed by atoms with E-state index in [0.29, 0.717) is 13.2 Å². The molecule has 2 atom stereocenters. The van der Waals surface area contributed by atoms with Crippen LogP contribution in [0.4, 0.5) is 0 Å². The summed E-state index contributed by atoms with van der Waals surface area (Å²) < 4.78 is 5.09. The first kappa shape index (κ1) is 11.3. The predicted octanol–water partition coefficient (Wildman–Crippen LogP) is -0.950. The molecule has 6 heteroatoms. The lowest BCUT2D eigenvalue weighted by Gasteiger charge is -2.34. The Kier molecular flexibility index (Phi) is 3.40. The average Bonchev–Trinajstić information content (AvgIpc) is 2.81. The summed E-state index contributed by atoms with van der Waals surface area (Å²) in [6.45, 7) is 1.71. The summed E-state index contributed by atoms with van der Waals surface area (Å²) in [5.74, 6) is -1.10. The van der Waals surface area contributed by atoms with E-state index >= 15 is 0 Å². The Morgan fingerprint density at radius 2 is 2.25 bits per heavy atom. The Bertz CT molecular complexity index is 289. The van der Waals surface area contributed by atoms with Crippen molar-refractivity contribution < 1.29 is 19.4 Å². The number of carboxylic acids is 1. The van der Waals surface area contributed by atoms with Gasteiger partial charge in [0.15, 0.2) is 6.04 Å². The summed E-state index contributed by atoms with van der Waals surface area (Å²) in [4.78, 5) is 24.5. The second-order valence-corrected chi connectivity index (χ2v) is 4.11. The van der Waals surface area contributed by atoms with Gasteiger partial charge < -0.3 is 20.1 Å². The Morgan fingerprint density at radius 3 is 2.88 bits per heavy atom. The van der Waals surface area contributed by atoms with Crippen molar-refractivity contribution in [3.05, 3.63) is 0 Å². The third kappa shape index (κ3) is 2.17. The molecular weight excluding hydrogens is 212 g/mol. The normalized spacial score (nSPS) is 30.4. The fraction of sp³-hybridized carbons (Fsp3) is 0.800. The Balaban J connectivity index is 2.04. The molecule has 0 saturated carbocycles. The molecule has 6 nitrogen and oxygen atoms in total. The van der Waals surface area contributed by atoms with Crippen molar-refractivity contribution in [1.29, 1.82) is 0 Å². The number of ether oxygens (including phenoxy) is 1. The Hall–Kier alpha value is -1.14. The fourth-order valence-electron chi connectivity index (χ4n) is 2.17. The van der Waals surface area contributed by atoms with E-state index < -0.39 is 12.0 Å². The van der Waals surface area contributed by atoms with Gasteiger partial charge in [0, 0.05) is 6.54 Å². The minimum absolute atomic E-state index is 0.0911. The number of aliphatic carboxylic acids is 1. The number of carboxylic acid groups (broad SMARTS) is 1. The van der Waals surface area contributed by atoms with E-state index in [1.807, 2.05) is 0 Å². The van der Waals surface area contributed by atoms with Gasteiger partial charge >= 0.3 is 5.97 Å². The number of amides is 1. The maximum absolute atomic E-state index is 12.1. The molecule has 90 valence electrons. The molecule has 0 aromatic heterocycles. The fourth-order valence-corrected chi connectivity index (χ4v) is 2.17. The van der Waals surface area contributed by atoms with Crippen molar-refractivity contribution in [3.8, 4) is 0 Å². The molecule has 16 heavy (non-hydrogen) atoms. The van der Waals surface area contributed by atoms with Crippen molar-refractivity contribution in [2.45, 2.75) is 24.9 Å². The molecular formula is C10H16N2O4. The lowest BCUT2D eigenvalue weighted by molar-refractivity contribution is -0.159. The van der Waals surface area contributed by atoms with Crippen molar-refractivity contribution >= 4 is 11.9 Å². The van der Waals surface area contributed by atoms with Crippen LogP contribution in [0.15, 0.2) is 0 Å².